The molecule has 4 aromatic carbocycles. The Morgan fingerprint density at radius 1 is 0.761 bits per heavy atom. The van der Waals surface area contributed by atoms with E-state index in [1.807, 2.05) is 48.5 Å². The lowest BCUT2D eigenvalue weighted by Gasteiger charge is -2.32. The van der Waals surface area contributed by atoms with Crippen molar-refractivity contribution in [1.29, 1.82) is 0 Å². The summed E-state index contributed by atoms with van der Waals surface area (Å²) in [5.41, 5.74) is 1.64. The summed E-state index contributed by atoms with van der Waals surface area (Å²) in [5.74, 6) is -1.56. The second-order valence-corrected chi connectivity index (χ2v) is 11.3. The van der Waals surface area contributed by atoms with E-state index in [1.54, 1.807) is 19.1 Å². The fourth-order valence-corrected chi connectivity index (χ4v) is 5.43. The van der Waals surface area contributed by atoms with Gasteiger partial charge >= 0.3 is 24.1 Å². The number of carbonyl (C=O) groups is 4. The fourth-order valence-electron chi connectivity index (χ4n) is 5.06. The van der Waals surface area contributed by atoms with Crippen molar-refractivity contribution < 1.29 is 38.8 Å². The lowest BCUT2D eigenvalue weighted by molar-refractivity contribution is -0.227. The third-order valence-corrected chi connectivity index (χ3v) is 7.52. The first-order valence-corrected chi connectivity index (χ1v) is 14.7. The number of halogens is 2. The van der Waals surface area contributed by atoms with Crippen molar-refractivity contribution in [3.05, 3.63) is 106 Å². The van der Waals surface area contributed by atoms with E-state index in [0.717, 1.165) is 32.7 Å². The molecule has 3 N–H and O–H groups in total. The van der Waals surface area contributed by atoms with Crippen molar-refractivity contribution in [2.75, 3.05) is 13.1 Å². The molecular weight excluding hydrogens is 635 g/mol. The monoisotopic (exact) mass is 664 g/mol. The minimum Gasteiger partial charge on any atom is -0.465 e. The molecule has 238 valence electrons. The lowest BCUT2D eigenvalue weighted by atomic mass is 9.89. The van der Waals surface area contributed by atoms with Crippen LogP contribution in [0.15, 0.2) is 85.0 Å². The number of nitrogens with one attached hydrogen (secondary N) is 2. The number of ether oxygens (including phenoxy) is 1. The Hall–Kier alpha value is -5.06. The van der Waals surface area contributed by atoms with Crippen LogP contribution in [0.2, 0.25) is 10.0 Å². The number of esters is 1. The van der Waals surface area contributed by atoms with Crippen LogP contribution < -0.4 is 10.6 Å². The van der Waals surface area contributed by atoms with E-state index >= 15 is 0 Å². The Bertz CT molecular complexity index is 1830. The number of hydrogen-bond donors (Lipinski definition) is 3. The van der Waals surface area contributed by atoms with Gasteiger partial charge < -0.3 is 20.5 Å². The van der Waals surface area contributed by atoms with Gasteiger partial charge in [-0.3, -0.25) is 0 Å². The molecule has 0 spiro atoms. The van der Waals surface area contributed by atoms with Crippen LogP contribution in [0, 0.1) is 0 Å². The van der Waals surface area contributed by atoms with E-state index in [9.17, 15) is 19.2 Å². The molecule has 0 heterocycles. The molecule has 0 aliphatic heterocycles. The van der Waals surface area contributed by atoms with Gasteiger partial charge in [-0.1, -0.05) is 72.8 Å². The molecule has 0 atom stereocenters. The van der Waals surface area contributed by atoms with Gasteiger partial charge in [-0.15, -0.1) is 0 Å². The first-order chi connectivity index (χ1) is 21.8. The van der Waals surface area contributed by atoms with Crippen LogP contribution in [0.25, 0.3) is 32.7 Å². The summed E-state index contributed by atoms with van der Waals surface area (Å²) in [5, 5.41) is 17.2. The van der Waals surface area contributed by atoms with E-state index in [1.165, 1.54) is 13.8 Å². The summed E-state index contributed by atoms with van der Waals surface area (Å²) in [6, 6.07) is 18.5. The van der Waals surface area contributed by atoms with E-state index < -0.39 is 29.7 Å². The van der Waals surface area contributed by atoms with Crippen LogP contribution in [0.1, 0.15) is 31.9 Å². The van der Waals surface area contributed by atoms with Gasteiger partial charge in [0.25, 0.3) is 0 Å². The first-order valence-electron chi connectivity index (χ1n) is 13.9. The minimum atomic E-state index is -1.49. The molecule has 0 aromatic heterocycles. The molecule has 12 heteroatoms. The van der Waals surface area contributed by atoms with Gasteiger partial charge in [-0.2, -0.15) is 0 Å². The summed E-state index contributed by atoms with van der Waals surface area (Å²) < 4.78 is 6.19. The number of rotatable bonds is 6. The van der Waals surface area contributed by atoms with Gasteiger partial charge in [0.1, 0.15) is 0 Å². The lowest BCUT2D eigenvalue weighted by Crippen LogP contribution is -2.44. The van der Waals surface area contributed by atoms with Crippen LogP contribution in [-0.4, -0.2) is 42.3 Å². The van der Waals surface area contributed by atoms with Crippen molar-refractivity contribution in [1.82, 2.24) is 10.6 Å². The Morgan fingerprint density at radius 3 is 1.67 bits per heavy atom. The Morgan fingerprint density at radius 2 is 1.26 bits per heavy atom. The molecular formula is C34H30Cl2N2O8. The number of hydrogen-bond acceptors (Lipinski definition) is 7. The predicted molar refractivity (Wildman–Crippen MR) is 176 cm³/mol. The Labute approximate surface area is 274 Å². The first kappa shape index (κ1) is 33.8. The van der Waals surface area contributed by atoms with Gasteiger partial charge in [-0.25, -0.2) is 29.0 Å². The number of carboxylic acid groups (broad SMARTS) is 1. The van der Waals surface area contributed by atoms with Gasteiger partial charge in [-0.05, 0) is 77.7 Å². The van der Waals surface area contributed by atoms with E-state index in [-0.39, 0.29) is 17.7 Å². The predicted octanol–water partition coefficient (Wildman–Crippen LogP) is 7.68. The SMILES string of the molecule is C=C(C)C(=O)OOC(=O)NCC1(OC(=O)C(=C)C)c2ccc3cc(Cl)ccc3c2-c2c1ccc1cc(Cl)ccc21.CCNC(=O)O. The van der Waals surface area contributed by atoms with Crippen molar-refractivity contribution in [2.24, 2.45) is 0 Å². The zero-order valence-electron chi connectivity index (χ0n) is 25.2. The summed E-state index contributed by atoms with van der Waals surface area (Å²) in [6.07, 6.45) is -2.02. The number of amides is 2. The standard InChI is InChI=1S/C31H23Cl2NO6.C3H7NO2/c1-16(2)28(35)38-31(15-34-30(37)40-39-29(36)17(3)4)24-11-5-18-13-20(32)7-9-22(18)26(24)27-23-10-8-21(33)14-19(23)6-12-25(27)31;1-2-4-3(5)6/h5-14H,1,3,15H2,2,4H3,(H,34,37);4H,2H2,1H3,(H,5,6). The normalized spacial score (nSPS) is 12.1. The van der Waals surface area contributed by atoms with Crippen LogP contribution in [0.4, 0.5) is 9.59 Å². The smallest absolute Gasteiger partial charge is 0.450 e. The molecule has 46 heavy (non-hydrogen) atoms. The molecule has 0 radical (unpaired) electrons. The van der Waals surface area contributed by atoms with E-state index in [2.05, 4.69) is 33.6 Å². The van der Waals surface area contributed by atoms with Crippen LogP contribution >= 0.6 is 23.2 Å². The van der Waals surface area contributed by atoms with Crippen molar-refractivity contribution in [3.63, 3.8) is 0 Å². The van der Waals surface area contributed by atoms with Crippen LogP contribution in [0.5, 0.6) is 0 Å². The zero-order chi connectivity index (χ0) is 33.8. The zero-order valence-corrected chi connectivity index (χ0v) is 26.7. The highest BCUT2D eigenvalue weighted by Crippen LogP contribution is 2.54. The number of carbonyl (C=O) groups excluding carboxylic acids is 3. The van der Waals surface area contributed by atoms with E-state index in [4.69, 9.17) is 33.0 Å². The van der Waals surface area contributed by atoms with Gasteiger partial charge in [0, 0.05) is 38.9 Å². The molecule has 0 saturated carbocycles. The summed E-state index contributed by atoms with van der Waals surface area (Å²) >= 11 is 12.6. The molecule has 0 bridgehead atoms. The third kappa shape index (κ3) is 6.93. The minimum absolute atomic E-state index is 0.0530. The molecule has 10 nitrogen and oxygen atoms in total. The molecule has 1 aliphatic carbocycles. The number of benzene rings is 4. The molecule has 1 aliphatic rings. The highest BCUT2D eigenvalue weighted by Gasteiger charge is 2.48. The Balaban J connectivity index is 0.000000731. The van der Waals surface area contributed by atoms with Crippen LogP contribution in [0.3, 0.4) is 0 Å². The largest absolute Gasteiger partial charge is 0.465 e. The molecule has 2 amide bonds. The number of fused-ring (bicyclic) bond motifs is 7. The topological polar surface area (TPSA) is 140 Å². The molecule has 0 unspecified atom stereocenters. The second kappa shape index (κ2) is 13.9. The highest BCUT2D eigenvalue weighted by atomic mass is 35.5. The maximum absolute atomic E-state index is 13.1. The van der Waals surface area contributed by atoms with E-state index in [0.29, 0.717) is 27.7 Å². The summed E-state index contributed by atoms with van der Waals surface area (Å²) in [4.78, 5) is 56.0. The van der Waals surface area contributed by atoms with Gasteiger partial charge in [0.05, 0.1) is 6.54 Å². The summed E-state index contributed by atoms with van der Waals surface area (Å²) in [6.45, 7) is 12.1. The maximum atomic E-state index is 13.1. The summed E-state index contributed by atoms with van der Waals surface area (Å²) in [7, 11) is 0. The molecule has 5 rings (SSSR count). The van der Waals surface area contributed by atoms with Gasteiger partial charge in [0.15, 0.2) is 5.60 Å². The Kier molecular flexibility index (Phi) is 10.2. The molecule has 4 aromatic rings. The fraction of sp³-hybridized carbons (Fsp3) is 0.176. The van der Waals surface area contributed by atoms with Gasteiger partial charge in [0.2, 0.25) is 0 Å². The third-order valence-electron chi connectivity index (χ3n) is 7.05. The van der Waals surface area contributed by atoms with Crippen molar-refractivity contribution >= 4 is 68.9 Å². The molecule has 0 fully saturated rings. The quantitative estimate of drug-likeness (QED) is 0.0825. The average molecular weight is 666 g/mol. The average Bonchev–Trinajstić information content (AvgIpc) is 3.28. The maximum Gasteiger partial charge on any atom is 0.450 e. The van der Waals surface area contributed by atoms with Crippen molar-refractivity contribution in [3.8, 4) is 11.1 Å². The second-order valence-electron chi connectivity index (χ2n) is 10.4. The van der Waals surface area contributed by atoms with Crippen molar-refractivity contribution in [2.45, 2.75) is 26.4 Å². The highest BCUT2D eigenvalue weighted by molar-refractivity contribution is 6.32. The molecule has 0 saturated heterocycles. The van der Waals surface area contributed by atoms with Crippen LogP contribution in [-0.2, 0) is 29.7 Å².